The Morgan fingerprint density at radius 2 is 1.79 bits per heavy atom. The van der Waals surface area contributed by atoms with Crippen molar-refractivity contribution in [2.75, 3.05) is 5.32 Å². The Labute approximate surface area is 195 Å². The summed E-state index contributed by atoms with van der Waals surface area (Å²) in [6.07, 6.45) is 1.14. The summed E-state index contributed by atoms with van der Waals surface area (Å²) in [7, 11) is 0. The van der Waals surface area contributed by atoms with E-state index < -0.39 is 5.92 Å². The minimum absolute atomic E-state index is 0.0608. The minimum Gasteiger partial charge on any atom is -0.343 e. The van der Waals surface area contributed by atoms with Gasteiger partial charge in [-0.15, -0.1) is 0 Å². The molecule has 0 radical (unpaired) electrons. The van der Waals surface area contributed by atoms with Crippen molar-refractivity contribution in [1.29, 1.82) is 0 Å². The van der Waals surface area contributed by atoms with Crippen molar-refractivity contribution in [3.05, 3.63) is 98.7 Å². The van der Waals surface area contributed by atoms with Crippen molar-refractivity contribution in [2.24, 2.45) is 5.41 Å². The molecule has 2 heterocycles. The van der Waals surface area contributed by atoms with E-state index in [-0.39, 0.29) is 22.6 Å². The van der Waals surface area contributed by atoms with Gasteiger partial charge in [0, 0.05) is 29.4 Å². The monoisotopic (exact) mass is 461 g/mol. The molecule has 1 aliphatic carbocycles. The summed E-state index contributed by atoms with van der Waals surface area (Å²) in [5, 5.41) is 3.72. The maximum atomic E-state index is 14.0. The highest BCUT2D eigenvalue weighted by Gasteiger charge is 2.42. The Morgan fingerprint density at radius 3 is 2.55 bits per heavy atom. The van der Waals surface area contributed by atoms with Crippen LogP contribution in [0, 0.1) is 11.2 Å². The number of H-pyrrole nitrogens is 1. The number of ketones is 1. The number of hydrogen-bond acceptors (Lipinski definition) is 5. The van der Waals surface area contributed by atoms with Crippen LogP contribution in [0.4, 0.5) is 10.2 Å². The number of allylic oxidation sites excluding steroid dienone is 2. The van der Waals surface area contributed by atoms with Crippen LogP contribution < -0.4 is 10.9 Å². The van der Waals surface area contributed by atoms with E-state index >= 15 is 0 Å². The van der Waals surface area contributed by atoms with Gasteiger partial charge in [0.05, 0.1) is 5.56 Å². The van der Waals surface area contributed by atoms with Crippen molar-refractivity contribution < 1.29 is 9.18 Å². The number of nitrogens with zero attached hydrogens (tertiary/aromatic N) is 1. The fourth-order valence-corrected chi connectivity index (χ4v) is 5.55. The van der Waals surface area contributed by atoms with Gasteiger partial charge in [-0.2, -0.15) is 0 Å². The van der Waals surface area contributed by atoms with Gasteiger partial charge in [0.2, 0.25) is 0 Å². The highest BCUT2D eigenvalue weighted by atomic mass is 32.2. The fraction of sp³-hybridized carbons (Fsp3) is 0.269. The molecule has 2 aromatic carbocycles. The third-order valence-electron chi connectivity index (χ3n) is 6.16. The summed E-state index contributed by atoms with van der Waals surface area (Å²) in [5.41, 5.74) is 2.91. The van der Waals surface area contributed by atoms with Crippen LogP contribution in [-0.4, -0.2) is 15.8 Å². The first-order chi connectivity index (χ1) is 15.8. The summed E-state index contributed by atoms with van der Waals surface area (Å²) in [5.74, 6) is 0.113. The first-order valence-corrected chi connectivity index (χ1v) is 11.9. The maximum absolute atomic E-state index is 14.0. The highest BCUT2D eigenvalue weighted by Crippen LogP contribution is 2.47. The zero-order valence-electron chi connectivity index (χ0n) is 18.4. The third kappa shape index (κ3) is 4.13. The number of thioether (sulfide) groups is 1. The van der Waals surface area contributed by atoms with Gasteiger partial charge >= 0.3 is 0 Å². The molecule has 1 atom stereocenters. The second-order valence-corrected chi connectivity index (χ2v) is 10.3. The average molecular weight is 462 g/mol. The van der Waals surface area contributed by atoms with E-state index in [4.69, 9.17) is 0 Å². The number of Topliss-reactive ketones (excluding diaryl/α,β-unsaturated/α-hetero) is 1. The first-order valence-electron chi connectivity index (χ1n) is 10.9. The molecular weight excluding hydrogens is 437 g/mol. The zero-order chi connectivity index (χ0) is 23.2. The third-order valence-corrected chi connectivity index (χ3v) is 7.08. The van der Waals surface area contributed by atoms with Crippen molar-refractivity contribution >= 4 is 23.4 Å². The summed E-state index contributed by atoms with van der Waals surface area (Å²) in [6, 6.07) is 16.2. The Bertz CT molecular complexity index is 1330. The summed E-state index contributed by atoms with van der Waals surface area (Å²) in [6.45, 7) is 4.15. The van der Waals surface area contributed by atoms with Gasteiger partial charge in [0.15, 0.2) is 10.9 Å². The lowest BCUT2D eigenvalue weighted by Crippen LogP contribution is -2.37. The fourth-order valence-electron chi connectivity index (χ4n) is 4.70. The van der Waals surface area contributed by atoms with E-state index in [1.165, 1.54) is 17.8 Å². The zero-order valence-corrected chi connectivity index (χ0v) is 19.3. The molecule has 33 heavy (non-hydrogen) atoms. The Morgan fingerprint density at radius 1 is 1.06 bits per heavy atom. The van der Waals surface area contributed by atoms with Gasteiger partial charge in [-0.25, -0.2) is 9.37 Å². The standard InChI is InChI=1S/C26H24FN3O2S/c1-26(2)12-18-21(19(31)13-26)20(15-8-4-3-5-9-15)22-23(28-18)29-25(30-24(22)32)33-14-16-10-6-7-11-17(16)27/h3-11,20H,12-14H2,1-2H3,(H2,28,29,30,32)/t20-/m1/s1. The molecule has 5 nitrogen and oxygen atoms in total. The van der Waals surface area contributed by atoms with Crippen LogP contribution in [0.15, 0.2) is 75.8 Å². The molecule has 2 aliphatic rings. The summed E-state index contributed by atoms with van der Waals surface area (Å²) >= 11 is 1.27. The second-order valence-electron chi connectivity index (χ2n) is 9.32. The predicted molar refractivity (Wildman–Crippen MR) is 128 cm³/mol. The van der Waals surface area contributed by atoms with E-state index in [0.29, 0.717) is 46.3 Å². The van der Waals surface area contributed by atoms with Crippen molar-refractivity contribution in [3.63, 3.8) is 0 Å². The number of carbonyl (C=O) groups excluding carboxylic acids is 1. The number of aromatic amines is 1. The highest BCUT2D eigenvalue weighted by molar-refractivity contribution is 7.98. The number of nitrogens with one attached hydrogen (secondary N) is 2. The number of anilines is 1. The summed E-state index contributed by atoms with van der Waals surface area (Å²) < 4.78 is 14.0. The van der Waals surface area contributed by atoms with Crippen molar-refractivity contribution in [3.8, 4) is 0 Å². The number of halogens is 1. The van der Waals surface area contributed by atoms with E-state index in [0.717, 1.165) is 11.3 Å². The molecule has 0 bridgehead atoms. The molecule has 0 fully saturated rings. The smallest absolute Gasteiger partial charge is 0.257 e. The number of fused-ring (bicyclic) bond motifs is 1. The van der Waals surface area contributed by atoms with Crippen LogP contribution >= 0.6 is 11.8 Å². The average Bonchev–Trinajstić information content (AvgIpc) is 2.77. The minimum atomic E-state index is -0.470. The molecule has 1 aliphatic heterocycles. The molecular formula is C26H24FN3O2S. The first kappa shape index (κ1) is 21.6. The molecule has 3 aromatic rings. The molecule has 0 spiro atoms. The van der Waals surface area contributed by atoms with Crippen molar-refractivity contribution in [2.45, 2.75) is 43.5 Å². The largest absolute Gasteiger partial charge is 0.343 e. The summed E-state index contributed by atoms with van der Waals surface area (Å²) in [4.78, 5) is 34.1. The number of aromatic nitrogens is 2. The molecule has 0 amide bonds. The molecule has 5 rings (SSSR count). The van der Waals surface area contributed by atoms with Crippen LogP contribution in [0.2, 0.25) is 0 Å². The van der Waals surface area contributed by atoms with Gasteiger partial charge in [-0.05, 0) is 29.0 Å². The van der Waals surface area contributed by atoms with Crippen LogP contribution in [-0.2, 0) is 10.5 Å². The molecule has 7 heteroatoms. The van der Waals surface area contributed by atoms with E-state index in [1.54, 1.807) is 18.2 Å². The SMILES string of the molecule is CC1(C)CC(=O)C2=C(C1)Nc1nc(SCc3ccccc3F)[nH]c(=O)c1[C@@H]2c1ccccc1. The second kappa shape index (κ2) is 8.30. The van der Waals surface area contributed by atoms with Gasteiger partial charge in [0.25, 0.3) is 5.56 Å². The van der Waals surface area contributed by atoms with Gasteiger partial charge in [-0.3, -0.25) is 9.59 Å². The molecule has 0 unspecified atom stereocenters. The van der Waals surface area contributed by atoms with E-state index in [1.807, 2.05) is 30.3 Å². The molecule has 2 N–H and O–H groups in total. The van der Waals surface area contributed by atoms with Gasteiger partial charge in [0.1, 0.15) is 11.6 Å². The Kier molecular flexibility index (Phi) is 5.44. The Balaban J connectivity index is 1.58. The molecule has 0 saturated heterocycles. The Hall–Kier alpha value is -3.19. The normalized spacial score (nSPS) is 19.0. The van der Waals surface area contributed by atoms with Crippen LogP contribution in [0.25, 0.3) is 0 Å². The topological polar surface area (TPSA) is 74.8 Å². The van der Waals surface area contributed by atoms with Gasteiger partial charge < -0.3 is 10.3 Å². The van der Waals surface area contributed by atoms with Gasteiger partial charge in [-0.1, -0.05) is 74.1 Å². The lowest BCUT2D eigenvalue weighted by atomic mass is 9.69. The van der Waals surface area contributed by atoms with Crippen LogP contribution in [0.1, 0.15) is 49.3 Å². The number of carbonyl (C=O) groups is 1. The lowest BCUT2D eigenvalue weighted by molar-refractivity contribution is -0.118. The molecule has 0 saturated carbocycles. The predicted octanol–water partition coefficient (Wildman–Crippen LogP) is 5.40. The van der Waals surface area contributed by atoms with E-state index in [2.05, 4.69) is 29.1 Å². The van der Waals surface area contributed by atoms with Crippen molar-refractivity contribution in [1.82, 2.24) is 9.97 Å². The number of rotatable bonds is 4. The number of hydrogen-bond donors (Lipinski definition) is 2. The quantitative estimate of drug-likeness (QED) is 0.402. The van der Waals surface area contributed by atoms with Crippen LogP contribution in [0.3, 0.4) is 0 Å². The molecule has 1 aromatic heterocycles. The molecule has 168 valence electrons. The lowest BCUT2D eigenvalue weighted by Gasteiger charge is -2.38. The van der Waals surface area contributed by atoms with E-state index in [9.17, 15) is 14.0 Å². The van der Waals surface area contributed by atoms with Crippen LogP contribution in [0.5, 0.6) is 0 Å². The number of benzene rings is 2. The maximum Gasteiger partial charge on any atom is 0.257 e.